The molecule has 0 saturated carbocycles. The number of nitrogens with one attached hydrogen (secondary N) is 1. The highest BCUT2D eigenvalue weighted by molar-refractivity contribution is 6.31. The molecule has 7 nitrogen and oxygen atoms in total. The highest BCUT2D eigenvalue weighted by Gasteiger charge is 2.36. The molecule has 0 aliphatic rings. The zero-order valence-corrected chi connectivity index (χ0v) is 15.2. The second-order valence-electron chi connectivity index (χ2n) is 5.92. The SMILES string of the molecule is O=C(NCc1ccccc1Cl)c1nc2nc(-c3ccco3)cc(C(F)(F)F)n2n1. The summed E-state index contributed by atoms with van der Waals surface area (Å²) < 4.78 is 46.1. The minimum Gasteiger partial charge on any atom is -0.463 e. The largest absolute Gasteiger partial charge is 0.463 e. The minimum atomic E-state index is -4.75. The maximum absolute atomic E-state index is 13.5. The van der Waals surface area contributed by atoms with Crippen LogP contribution < -0.4 is 5.32 Å². The molecule has 1 aromatic carbocycles. The van der Waals surface area contributed by atoms with Gasteiger partial charge in [-0.25, -0.2) is 4.98 Å². The molecule has 0 spiro atoms. The van der Waals surface area contributed by atoms with Gasteiger partial charge in [-0.05, 0) is 29.8 Å². The third-order valence-corrected chi connectivity index (χ3v) is 4.35. The molecule has 4 aromatic rings. The summed E-state index contributed by atoms with van der Waals surface area (Å²) in [5.74, 6) is -1.46. The first-order valence-corrected chi connectivity index (χ1v) is 8.61. The number of fused-ring (bicyclic) bond motifs is 1. The van der Waals surface area contributed by atoms with Crippen molar-refractivity contribution in [1.82, 2.24) is 24.9 Å². The third kappa shape index (κ3) is 3.79. The molecule has 0 aliphatic carbocycles. The van der Waals surface area contributed by atoms with Crippen molar-refractivity contribution < 1.29 is 22.4 Å². The number of furan rings is 1. The van der Waals surface area contributed by atoms with Gasteiger partial charge in [0.1, 0.15) is 5.69 Å². The zero-order chi connectivity index (χ0) is 20.6. The van der Waals surface area contributed by atoms with Crippen LogP contribution in [-0.2, 0) is 12.7 Å². The molecule has 1 amide bonds. The predicted molar refractivity (Wildman–Crippen MR) is 96.1 cm³/mol. The van der Waals surface area contributed by atoms with Crippen molar-refractivity contribution in [3.8, 4) is 11.5 Å². The van der Waals surface area contributed by atoms with Gasteiger partial charge in [-0.3, -0.25) is 4.79 Å². The zero-order valence-electron chi connectivity index (χ0n) is 14.4. The molecule has 0 fully saturated rings. The fourth-order valence-corrected chi connectivity index (χ4v) is 2.82. The van der Waals surface area contributed by atoms with E-state index >= 15 is 0 Å². The van der Waals surface area contributed by atoms with E-state index in [0.29, 0.717) is 15.1 Å². The van der Waals surface area contributed by atoms with Crippen LogP contribution in [0, 0.1) is 0 Å². The summed E-state index contributed by atoms with van der Waals surface area (Å²) in [5, 5.41) is 6.66. The molecule has 0 unspecified atom stereocenters. The second-order valence-corrected chi connectivity index (χ2v) is 6.33. The van der Waals surface area contributed by atoms with Crippen LogP contribution in [0.3, 0.4) is 0 Å². The van der Waals surface area contributed by atoms with Crippen molar-refractivity contribution in [1.29, 1.82) is 0 Å². The van der Waals surface area contributed by atoms with Crippen molar-refractivity contribution in [3.05, 3.63) is 70.8 Å². The maximum Gasteiger partial charge on any atom is 0.433 e. The average molecular weight is 422 g/mol. The molecule has 0 radical (unpaired) electrons. The number of hydrogen-bond donors (Lipinski definition) is 1. The molecule has 0 aliphatic heterocycles. The number of alkyl halides is 3. The number of rotatable bonds is 4. The highest BCUT2D eigenvalue weighted by atomic mass is 35.5. The first-order chi connectivity index (χ1) is 13.8. The van der Waals surface area contributed by atoms with E-state index in [1.54, 1.807) is 24.3 Å². The first kappa shape index (κ1) is 18.9. The maximum atomic E-state index is 13.5. The first-order valence-electron chi connectivity index (χ1n) is 8.23. The number of carbonyl (C=O) groups excluding carboxylic acids is 1. The van der Waals surface area contributed by atoms with Gasteiger partial charge < -0.3 is 9.73 Å². The van der Waals surface area contributed by atoms with Crippen LogP contribution in [0.15, 0.2) is 53.1 Å². The Bertz CT molecular complexity index is 1190. The minimum absolute atomic E-state index is 0.0608. The summed E-state index contributed by atoms with van der Waals surface area (Å²) in [6.07, 6.45) is -3.44. The quantitative estimate of drug-likeness (QED) is 0.538. The van der Waals surface area contributed by atoms with Gasteiger partial charge in [0, 0.05) is 11.6 Å². The number of carbonyl (C=O) groups is 1. The highest BCUT2D eigenvalue weighted by Crippen LogP contribution is 2.32. The summed E-state index contributed by atoms with van der Waals surface area (Å²) in [7, 11) is 0. The Kier molecular flexibility index (Phi) is 4.71. The molecular formula is C18H11ClF3N5O2. The van der Waals surface area contributed by atoms with Crippen molar-refractivity contribution in [2.75, 3.05) is 0 Å². The molecule has 3 heterocycles. The monoisotopic (exact) mass is 421 g/mol. The number of halogens is 4. The lowest BCUT2D eigenvalue weighted by Crippen LogP contribution is -2.24. The van der Waals surface area contributed by atoms with Crippen LogP contribution in [-0.4, -0.2) is 25.5 Å². The molecule has 148 valence electrons. The van der Waals surface area contributed by atoms with E-state index in [9.17, 15) is 18.0 Å². The lowest BCUT2D eigenvalue weighted by Gasteiger charge is -2.09. The van der Waals surface area contributed by atoms with Crippen LogP contribution in [0.2, 0.25) is 5.02 Å². The number of amides is 1. The van der Waals surface area contributed by atoms with Gasteiger partial charge in [0.05, 0.1) is 6.26 Å². The van der Waals surface area contributed by atoms with Gasteiger partial charge in [-0.2, -0.15) is 22.7 Å². The van der Waals surface area contributed by atoms with Crippen molar-refractivity contribution in [2.45, 2.75) is 12.7 Å². The smallest absolute Gasteiger partial charge is 0.433 e. The predicted octanol–water partition coefficient (Wildman–Crippen LogP) is 3.99. The van der Waals surface area contributed by atoms with Gasteiger partial charge in [0.2, 0.25) is 5.82 Å². The van der Waals surface area contributed by atoms with E-state index in [0.717, 1.165) is 6.07 Å². The number of aromatic nitrogens is 4. The molecule has 0 bridgehead atoms. The van der Waals surface area contributed by atoms with Crippen LogP contribution in [0.4, 0.5) is 13.2 Å². The summed E-state index contributed by atoms with van der Waals surface area (Å²) >= 11 is 6.02. The van der Waals surface area contributed by atoms with Gasteiger partial charge in [0.15, 0.2) is 11.5 Å². The van der Waals surface area contributed by atoms with Crippen molar-refractivity contribution in [3.63, 3.8) is 0 Å². The Balaban J connectivity index is 1.69. The fourth-order valence-electron chi connectivity index (χ4n) is 2.61. The Hall–Kier alpha value is -3.40. The van der Waals surface area contributed by atoms with Gasteiger partial charge >= 0.3 is 6.18 Å². The summed E-state index contributed by atoms with van der Waals surface area (Å²) in [6.45, 7) is 0.0608. The summed E-state index contributed by atoms with van der Waals surface area (Å²) in [6, 6.07) is 10.6. The molecule has 3 aromatic heterocycles. The van der Waals surface area contributed by atoms with Crippen LogP contribution >= 0.6 is 11.6 Å². The standard InChI is InChI=1S/C18H11ClF3N5O2/c19-11-5-2-1-4-10(11)9-23-16(28)15-25-17-24-12(13-6-3-7-29-13)8-14(18(20,21)22)27(17)26-15/h1-8H,9H2,(H,23,28). The Morgan fingerprint density at radius 2 is 1.97 bits per heavy atom. The van der Waals surface area contributed by atoms with E-state index in [-0.39, 0.29) is 23.8 Å². The summed E-state index contributed by atoms with van der Waals surface area (Å²) in [4.78, 5) is 20.2. The molecule has 0 saturated heterocycles. The van der Waals surface area contributed by atoms with E-state index in [2.05, 4.69) is 20.4 Å². The van der Waals surface area contributed by atoms with Crippen LogP contribution in [0.25, 0.3) is 17.2 Å². The van der Waals surface area contributed by atoms with Gasteiger partial charge in [-0.15, -0.1) is 5.10 Å². The molecule has 4 rings (SSSR count). The van der Waals surface area contributed by atoms with Crippen LogP contribution in [0.1, 0.15) is 21.9 Å². The summed E-state index contributed by atoms with van der Waals surface area (Å²) in [5.41, 5.74) is -0.572. The van der Waals surface area contributed by atoms with E-state index < -0.39 is 23.6 Å². The van der Waals surface area contributed by atoms with Crippen LogP contribution in [0.5, 0.6) is 0 Å². The van der Waals surface area contributed by atoms with Gasteiger partial charge in [0.25, 0.3) is 11.7 Å². The van der Waals surface area contributed by atoms with Gasteiger partial charge in [-0.1, -0.05) is 29.8 Å². The molecular weight excluding hydrogens is 411 g/mol. The fraction of sp³-hybridized carbons (Fsp3) is 0.111. The number of hydrogen-bond acceptors (Lipinski definition) is 5. The average Bonchev–Trinajstić information content (AvgIpc) is 3.35. The Labute approximate surface area is 166 Å². The molecule has 29 heavy (non-hydrogen) atoms. The van der Waals surface area contributed by atoms with E-state index in [1.807, 2.05) is 0 Å². The van der Waals surface area contributed by atoms with E-state index in [1.165, 1.54) is 18.4 Å². The molecule has 1 N–H and O–H groups in total. The lowest BCUT2D eigenvalue weighted by molar-refractivity contribution is -0.142. The Morgan fingerprint density at radius 1 is 1.17 bits per heavy atom. The Morgan fingerprint density at radius 3 is 2.66 bits per heavy atom. The van der Waals surface area contributed by atoms with E-state index in [4.69, 9.17) is 16.0 Å². The third-order valence-electron chi connectivity index (χ3n) is 3.98. The lowest BCUT2D eigenvalue weighted by atomic mass is 10.2. The van der Waals surface area contributed by atoms with Crippen molar-refractivity contribution >= 4 is 23.3 Å². The topological polar surface area (TPSA) is 85.3 Å². The second kappa shape index (κ2) is 7.21. The molecule has 0 atom stereocenters. The number of benzene rings is 1. The van der Waals surface area contributed by atoms with Crippen molar-refractivity contribution in [2.24, 2.45) is 0 Å². The number of nitrogens with zero attached hydrogens (tertiary/aromatic N) is 4. The molecule has 11 heteroatoms. The normalized spacial score (nSPS) is 11.7.